The summed E-state index contributed by atoms with van der Waals surface area (Å²) in [5.41, 5.74) is -1.45. The van der Waals surface area contributed by atoms with Gasteiger partial charge in [0.2, 0.25) is 0 Å². The molecule has 6 saturated carbocycles. The average Bonchev–Trinajstić information content (AvgIpc) is 3.14. The van der Waals surface area contributed by atoms with Gasteiger partial charge in [-0.3, -0.25) is 14.4 Å². The van der Waals surface area contributed by atoms with Gasteiger partial charge in [0.15, 0.2) is 11.6 Å². The standard InChI is InChI=1S/C20H25BrO3/c1-17-6-5-13(22)18(2,9-21)11(17)4-7-20-12(17)8-10-14(15(20)23)19(10,3)16(20)24/h10-12,14H,4-9H2,1-3H3/t10-,11-,12-,14?,17+,18+,19-,20-/m0/s1. The zero-order valence-electron chi connectivity index (χ0n) is 14.7. The summed E-state index contributed by atoms with van der Waals surface area (Å²) in [7, 11) is 0. The molecule has 4 heteroatoms. The van der Waals surface area contributed by atoms with Crippen LogP contribution >= 0.6 is 15.9 Å². The molecule has 0 aromatic rings. The normalized spacial score (nSPS) is 60.8. The van der Waals surface area contributed by atoms with Crippen LogP contribution in [-0.4, -0.2) is 22.7 Å². The van der Waals surface area contributed by atoms with E-state index < -0.39 is 5.41 Å². The first-order valence-electron chi connectivity index (χ1n) is 9.37. The predicted molar refractivity (Wildman–Crippen MR) is 92.6 cm³/mol. The summed E-state index contributed by atoms with van der Waals surface area (Å²) in [5.74, 6) is 1.64. The second-order valence-corrected chi connectivity index (χ2v) is 10.5. The predicted octanol–water partition coefficient (Wildman–Crippen LogP) is 3.58. The lowest BCUT2D eigenvalue weighted by Crippen LogP contribution is -2.64. The first-order valence-corrected chi connectivity index (χ1v) is 10.5. The Morgan fingerprint density at radius 3 is 2.38 bits per heavy atom. The Kier molecular flexibility index (Phi) is 2.67. The quantitative estimate of drug-likeness (QED) is 0.506. The first-order chi connectivity index (χ1) is 11.2. The zero-order valence-corrected chi connectivity index (χ0v) is 16.2. The van der Waals surface area contributed by atoms with Crippen molar-refractivity contribution in [3.05, 3.63) is 0 Å². The van der Waals surface area contributed by atoms with E-state index in [1.807, 2.05) is 6.92 Å². The summed E-state index contributed by atoms with van der Waals surface area (Å²) in [4.78, 5) is 39.2. The summed E-state index contributed by atoms with van der Waals surface area (Å²) in [6.07, 6.45) is 3.99. The molecule has 1 unspecified atom stereocenters. The van der Waals surface area contributed by atoms with Crippen LogP contribution in [0.3, 0.4) is 0 Å². The number of carbonyl (C=O) groups excluding carboxylic acids is 3. The van der Waals surface area contributed by atoms with Gasteiger partial charge in [0, 0.05) is 28.5 Å². The van der Waals surface area contributed by atoms with Crippen LogP contribution in [0.5, 0.6) is 0 Å². The molecule has 0 aromatic heterocycles. The average molecular weight is 393 g/mol. The highest BCUT2D eigenvalue weighted by atomic mass is 79.9. The van der Waals surface area contributed by atoms with Gasteiger partial charge < -0.3 is 0 Å². The minimum atomic E-state index is -0.701. The monoisotopic (exact) mass is 392 g/mol. The molecule has 0 heterocycles. The van der Waals surface area contributed by atoms with Gasteiger partial charge in [-0.05, 0) is 48.9 Å². The van der Waals surface area contributed by atoms with Gasteiger partial charge in [-0.2, -0.15) is 0 Å². The molecule has 3 nitrogen and oxygen atoms in total. The molecule has 0 radical (unpaired) electrons. The molecule has 0 saturated heterocycles. The number of rotatable bonds is 1. The molecule has 8 atom stereocenters. The lowest BCUT2D eigenvalue weighted by Gasteiger charge is -2.63. The molecule has 6 aliphatic carbocycles. The third-order valence-electron chi connectivity index (χ3n) is 9.40. The highest BCUT2D eigenvalue weighted by Crippen LogP contribution is 2.82. The number of ketones is 3. The van der Waals surface area contributed by atoms with Crippen LogP contribution < -0.4 is 0 Å². The van der Waals surface area contributed by atoms with E-state index in [2.05, 4.69) is 29.8 Å². The molecule has 0 amide bonds. The molecule has 24 heavy (non-hydrogen) atoms. The van der Waals surface area contributed by atoms with E-state index >= 15 is 0 Å². The lowest BCUT2D eigenvalue weighted by molar-refractivity contribution is -0.181. The fourth-order valence-electron chi connectivity index (χ4n) is 8.02. The number of Topliss-reactive ketones (excluding diaryl/α,β-unsaturated/α-hetero) is 3. The maximum absolute atomic E-state index is 13.3. The van der Waals surface area contributed by atoms with Crippen molar-refractivity contribution < 1.29 is 14.4 Å². The molecule has 0 aliphatic heterocycles. The number of hydrogen-bond acceptors (Lipinski definition) is 3. The molecule has 130 valence electrons. The fourth-order valence-corrected chi connectivity index (χ4v) is 8.72. The van der Waals surface area contributed by atoms with Crippen LogP contribution in [0.25, 0.3) is 0 Å². The largest absolute Gasteiger partial charge is 0.299 e. The van der Waals surface area contributed by atoms with Crippen LogP contribution in [0, 0.1) is 45.3 Å². The van der Waals surface area contributed by atoms with E-state index in [4.69, 9.17) is 0 Å². The van der Waals surface area contributed by atoms with Crippen LogP contribution in [0.4, 0.5) is 0 Å². The Bertz CT molecular complexity index is 716. The minimum Gasteiger partial charge on any atom is -0.299 e. The molecule has 4 bridgehead atoms. The van der Waals surface area contributed by atoms with Gasteiger partial charge >= 0.3 is 0 Å². The van der Waals surface area contributed by atoms with Crippen LogP contribution in [-0.2, 0) is 14.4 Å². The minimum absolute atomic E-state index is 0.0224. The Morgan fingerprint density at radius 2 is 1.79 bits per heavy atom. The van der Waals surface area contributed by atoms with Crippen molar-refractivity contribution in [3.8, 4) is 0 Å². The zero-order chi connectivity index (χ0) is 17.3. The Labute approximate surface area is 151 Å². The van der Waals surface area contributed by atoms with Gasteiger partial charge in [-0.15, -0.1) is 0 Å². The molecule has 6 aliphatic rings. The highest BCUT2D eigenvalue weighted by Gasteiger charge is 2.87. The summed E-state index contributed by atoms with van der Waals surface area (Å²) in [6, 6.07) is 0. The van der Waals surface area contributed by atoms with Crippen molar-refractivity contribution >= 4 is 33.3 Å². The van der Waals surface area contributed by atoms with Crippen LogP contribution in [0.15, 0.2) is 0 Å². The van der Waals surface area contributed by atoms with Crippen molar-refractivity contribution in [2.45, 2.75) is 52.9 Å². The Morgan fingerprint density at radius 1 is 1.08 bits per heavy atom. The van der Waals surface area contributed by atoms with Crippen molar-refractivity contribution in [3.63, 3.8) is 0 Å². The third-order valence-corrected chi connectivity index (χ3v) is 10.6. The fraction of sp³-hybridized carbons (Fsp3) is 0.850. The van der Waals surface area contributed by atoms with Crippen molar-refractivity contribution in [2.75, 3.05) is 5.33 Å². The molecule has 0 aromatic carbocycles. The van der Waals surface area contributed by atoms with E-state index in [9.17, 15) is 14.4 Å². The van der Waals surface area contributed by atoms with E-state index in [0.717, 1.165) is 19.3 Å². The van der Waals surface area contributed by atoms with E-state index in [0.29, 0.717) is 24.0 Å². The second-order valence-electron chi connectivity index (χ2n) is 9.89. The lowest BCUT2D eigenvalue weighted by atomic mass is 9.39. The molecule has 6 fully saturated rings. The van der Waals surface area contributed by atoms with Crippen molar-refractivity contribution in [1.29, 1.82) is 0 Å². The number of halogens is 1. The number of hydrogen-bond donors (Lipinski definition) is 0. The number of fused-ring (bicyclic) bond motifs is 1. The third kappa shape index (κ3) is 1.26. The van der Waals surface area contributed by atoms with Crippen LogP contribution in [0.2, 0.25) is 0 Å². The first kappa shape index (κ1) is 15.7. The summed E-state index contributed by atoms with van der Waals surface area (Å²) in [6.45, 7) is 6.42. The van der Waals surface area contributed by atoms with Gasteiger partial charge in [-0.1, -0.05) is 36.7 Å². The van der Waals surface area contributed by atoms with Gasteiger partial charge in [-0.25, -0.2) is 0 Å². The van der Waals surface area contributed by atoms with Crippen LogP contribution in [0.1, 0.15) is 52.9 Å². The van der Waals surface area contributed by atoms with Crippen molar-refractivity contribution in [2.24, 2.45) is 45.3 Å². The molecule has 1 spiro atoms. The second kappa shape index (κ2) is 4.07. The van der Waals surface area contributed by atoms with Gasteiger partial charge in [0.05, 0.1) is 5.41 Å². The van der Waals surface area contributed by atoms with Gasteiger partial charge in [0.1, 0.15) is 5.78 Å². The van der Waals surface area contributed by atoms with Gasteiger partial charge in [0.25, 0.3) is 0 Å². The van der Waals surface area contributed by atoms with Crippen molar-refractivity contribution in [1.82, 2.24) is 0 Å². The van der Waals surface area contributed by atoms with E-state index in [1.54, 1.807) is 0 Å². The maximum atomic E-state index is 13.3. The topological polar surface area (TPSA) is 51.2 Å². The molecule has 0 N–H and O–H groups in total. The summed E-state index contributed by atoms with van der Waals surface area (Å²) in [5, 5.41) is 0.685. The number of alkyl halides is 1. The SMILES string of the molecule is C[C@@]12CCC(=O)[C@](C)(CBr)[C@H]1CC[C@@]13C(=O)C4[C@H](C[C@H]12)[C@]4(C)C3=O. The molecular weight excluding hydrogens is 368 g/mol. The van der Waals surface area contributed by atoms with E-state index in [1.165, 1.54) is 0 Å². The Hall–Kier alpha value is -0.510. The summed E-state index contributed by atoms with van der Waals surface area (Å²) >= 11 is 3.60. The number of carbonyl (C=O) groups is 3. The molecule has 6 rings (SSSR count). The Balaban J connectivity index is 1.64. The maximum Gasteiger partial charge on any atom is 0.153 e. The smallest absolute Gasteiger partial charge is 0.153 e. The highest BCUT2D eigenvalue weighted by molar-refractivity contribution is 9.09. The van der Waals surface area contributed by atoms with E-state index in [-0.39, 0.29) is 51.5 Å². The summed E-state index contributed by atoms with van der Waals surface area (Å²) < 4.78 is 0. The molecular formula is C20H25BrO3.